The molecule has 2 N–H and O–H groups in total. The Bertz CT molecular complexity index is 401. The molecule has 21 heavy (non-hydrogen) atoms. The third-order valence-corrected chi connectivity index (χ3v) is 2.77. The number of hydrogen-bond acceptors (Lipinski definition) is 5. The van der Waals surface area contributed by atoms with E-state index >= 15 is 0 Å². The van der Waals surface area contributed by atoms with Gasteiger partial charge in [-0.3, -0.25) is 0 Å². The van der Waals surface area contributed by atoms with Gasteiger partial charge in [-0.1, -0.05) is 12.1 Å². The summed E-state index contributed by atoms with van der Waals surface area (Å²) in [6.45, 7) is 4.48. The summed E-state index contributed by atoms with van der Waals surface area (Å²) in [5, 5.41) is 0. The Morgan fingerprint density at radius 2 is 1.67 bits per heavy atom. The first-order valence-electron chi connectivity index (χ1n) is 6.98. The second-order valence-electron chi connectivity index (χ2n) is 4.51. The second kappa shape index (κ2) is 10.5. The third-order valence-electron chi connectivity index (χ3n) is 2.77. The molecular formula is C15H24FNO4. The highest BCUT2D eigenvalue weighted by Gasteiger charge is 2.12. The molecule has 0 fully saturated rings. The number of rotatable bonds is 11. The molecule has 0 radical (unpaired) electrons. The summed E-state index contributed by atoms with van der Waals surface area (Å²) in [4.78, 5) is 0. The molecule has 0 saturated heterocycles. The Morgan fingerprint density at radius 3 is 2.29 bits per heavy atom. The lowest BCUT2D eigenvalue weighted by Crippen LogP contribution is -2.14. The average molecular weight is 301 g/mol. The molecule has 1 rings (SSSR count). The first-order valence-corrected chi connectivity index (χ1v) is 6.98. The maximum absolute atomic E-state index is 13.7. The zero-order valence-electron chi connectivity index (χ0n) is 12.6. The van der Waals surface area contributed by atoms with Crippen LogP contribution >= 0.6 is 0 Å². The molecule has 0 aromatic heterocycles. The Hall–Kier alpha value is -1.21. The largest absolute Gasteiger partial charge is 0.488 e. The van der Waals surface area contributed by atoms with Crippen molar-refractivity contribution in [3.63, 3.8) is 0 Å². The predicted molar refractivity (Wildman–Crippen MR) is 78.0 cm³/mol. The van der Waals surface area contributed by atoms with Crippen molar-refractivity contribution in [1.82, 2.24) is 0 Å². The van der Waals surface area contributed by atoms with Crippen molar-refractivity contribution in [2.45, 2.75) is 13.0 Å². The van der Waals surface area contributed by atoms with Gasteiger partial charge in [0.15, 0.2) is 11.6 Å². The zero-order valence-corrected chi connectivity index (χ0v) is 12.6. The number of ether oxygens (including phenoxy) is 4. The molecule has 0 aliphatic carbocycles. The monoisotopic (exact) mass is 301 g/mol. The second-order valence-corrected chi connectivity index (χ2v) is 4.51. The summed E-state index contributed by atoms with van der Waals surface area (Å²) in [7, 11) is 1.62. The van der Waals surface area contributed by atoms with Gasteiger partial charge in [-0.15, -0.1) is 0 Å². The van der Waals surface area contributed by atoms with Crippen LogP contribution in [0, 0.1) is 5.82 Å². The summed E-state index contributed by atoms with van der Waals surface area (Å²) in [5.41, 5.74) is 6.44. The van der Waals surface area contributed by atoms with Crippen molar-refractivity contribution in [3.8, 4) is 5.75 Å². The van der Waals surface area contributed by atoms with Gasteiger partial charge in [0.1, 0.15) is 6.61 Å². The quantitative estimate of drug-likeness (QED) is 0.633. The molecule has 1 atom stereocenters. The lowest BCUT2D eigenvalue weighted by atomic mass is 10.1. The van der Waals surface area contributed by atoms with E-state index in [4.69, 9.17) is 24.7 Å². The van der Waals surface area contributed by atoms with E-state index in [0.29, 0.717) is 38.6 Å². The molecule has 0 bridgehead atoms. The van der Waals surface area contributed by atoms with Crippen molar-refractivity contribution in [2.24, 2.45) is 5.73 Å². The molecule has 1 aromatic rings. The fourth-order valence-electron chi connectivity index (χ4n) is 1.70. The van der Waals surface area contributed by atoms with Crippen molar-refractivity contribution in [2.75, 3.05) is 46.8 Å². The van der Waals surface area contributed by atoms with Crippen molar-refractivity contribution in [3.05, 3.63) is 29.6 Å². The molecule has 0 aliphatic heterocycles. The van der Waals surface area contributed by atoms with Crippen molar-refractivity contribution < 1.29 is 23.3 Å². The number of benzene rings is 1. The maximum atomic E-state index is 13.7. The highest BCUT2D eigenvalue weighted by atomic mass is 19.1. The summed E-state index contributed by atoms with van der Waals surface area (Å²) in [6, 6.07) is 4.44. The van der Waals surface area contributed by atoms with E-state index in [1.54, 1.807) is 26.2 Å². The van der Waals surface area contributed by atoms with Crippen LogP contribution in [0.3, 0.4) is 0 Å². The van der Waals surface area contributed by atoms with Gasteiger partial charge in [0.25, 0.3) is 0 Å². The minimum absolute atomic E-state index is 0.201. The van der Waals surface area contributed by atoms with Crippen LogP contribution in [0.5, 0.6) is 5.75 Å². The molecule has 0 saturated carbocycles. The van der Waals surface area contributed by atoms with E-state index in [2.05, 4.69) is 0 Å². The van der Waals surface area contributed by atoms with E-state index in [1.807, 2.05) is 0 Å². The Morgan fingerprint density at radius 1 is 1.05 bits per heavy atom. The Labute approximate surface area is 125 Å². The first kappa shape index (κ1) is 17.8. The zero-order chi connectivity index (χ0) is 15.5. The van der Waals surface area contributed by atoms with Gasteiger partial charge >= 0.3 is 0 Å². The van der Waals surface area contributed by atoms with Crippen LogP contribution in [0.2, 0.25) is 0 Å². The van der Waals surface area contributed by atoms with Crippen LogP contribution in [0.4, 0.5) is 4.39 Å². The molecule has 0 heterocycles. The third kappa shape index (κ3) is 6.86. The van der Waals surface area contributed by atoms with E-state index in [1.165, 1.54) is 6.07 Å². The predicted octanol–water partition coefficient (Wildman–Crippen LogP) is 1.90. The Kier molecular flexibility index (Phi) is 8.93. The maximum Gasteiger partial charge on any atom is 0.165 e. The van der Waals surface area contributed by atoms with Gasteiger partial charge in [-0.2, -0.15) is 0 Å². The van der Waals surface area contributed by atoms with Gasteiger partial charge < -0.3 is 24.7 Å². The van der Waals surface area contributed by atoms with Gasteiger partial charge in [0.2, 0.25) is 0 Å². The smallest absolute Gasteiger partial charge is 0.165 e. The van der Waals surface area contributed by atoms with Crippen molar-refractivity contribution >= 4 is 0 Å². The lowest BCUT2D eigenvalue weighted by Gasteiger charge is -2.14. The van der Waals surface area contributed by atoms with Crippen LogP contribution < -0.4 is 10.5 Å². The molecule has 1 aromatic carbocycles. The molecular weight excluding hydrogens is 277 g/mol. The molecule has 120 valence electrons. The first-order chi connectivity index (χ1) is 10.2. The highest BCUT2D eigenvalue weighted by Crippen LogP contribution is 2.26. The highest BCUT2D eigenvalue weighted by molar-refractivity contribution is 5.36. The number of methoxy groups -OCH3 is 1. The number of hydrogen-bond donors (Lipinski definition) is 1. The van der Waals surface area contributed by atoms with Gasteiger partial charge in [0, 0.05) is 18.7 Å². The van der Waals surface area contributed by atoms with Crippen LogP contribution in [0.1, 0.15) is 18.5 Å². The fraction of sp³-hybridized carbons (Fsp3) is 0.600. The molecule has 0 amide bonds. The number of para-hydroxylation sites is 1. The van der Waals surface area contributed by atoms with Crippen LogP contribution in [-0.2, 0) is 14.2 Å². The minimum Gasteiger partial charge on any atom is -0.488 e. The fourth-order valence-corrected chi connectivity index (χ4v) is 1.70. The Balaban J connectivity index is 2.21. The normalized spacial score (nSPS) is 12.4. The summed E-state index contributed by atoms with van der Waals surface area (Å²) < 4.78 is 34.6. The SMILES string of the molecule is COCCOCCOCCOc1c(F)cccc1C(C)N. The van der Waals surface area contributed by atoms with Crippen molar-refractivity contribution in [1.29, 1.82) is 0 Å². The molecule has 5 nitrogen and oxygen atoms in total. The van der Waals surface area contributed by atoms with E-state index in [9.17, 15) is 4.39 Å². The topological polar surface area (TPSA) is 62.9 Å². The van der Waals surface area contributed by atoms with Gasteiger partial charge in [-0.05, 0) is 13.0 Å². The minimum atomic E-state index is -0.410. The van der Waals surface area contributed by atoms with Crippen LogP contribution in [0.15, 0.2) is 18.2 Å². The van der Waals surface area contributed by atoms with Gasteiger partial charge in [0.05, 0.1) is 33.0 Å². The number of halogens is 1. The lowest BCUT2D eigenvalue weighted by molar-refractivity contribution is 0.0176. The van der Waals surface area contributed by atoms with Crippen LogP contribution in [0.25, 0.3) is 0 Å². The van der Waals surface area contributed by atoms with E-state index in [0.717, 1.165) is 0 Å². The van der Waals surface area contributed by atoms with E-state index < -0.39 is 5.82 Å². The van der Waals surface area contributed by atoms with Gasteiger partial charge in [-0.25, -0.2) is 4.39 Å². The summed E-state index contributed by atoms with van der Waals surface area (Å²) in [6.07, 6.45) is 0. The summed E-state index contributed by atoms with van der Waals surface area (Å²) >= 11 is 0. The standard InChI is InChI=1S/C15H24FNO4/c1-12(17)13-4-3-5-14(16)15(13)21-11-10-20-9-8-19-7-6-18-2/h3-5,12H,6-11,17H2,1-2H3. The molecule has 0 aliphatic rings. The molecule has 6 heteroatoms. The average Bonchev–Trinajstić information content (AvgIpc) is 2.46. The summed E-state index contributed by atoms with van der Waals surface area (Å²) in [5.74, 6) is -0.208. The van der Waals surface area contributed by atoms with E-state index in [-0.39, 0.29) is 18.4 Å². The number of nitrogens with two attached hydrogens (primary N) is 1. The van der Waals surface area contributed by atoms with Crippen LogP contribution in [-0.4, -0.2) is 46.8 Å². The molecule has 1 unspecified atom stereocenters. The molecule has 0 spiro atoms.